The molecule has 148 valence electrons. The van der Waals surface area contributed by atoms with E-state index < -0.39 is 0 Å². The van der Waals surface area contributed by atoms with Crippen LogP contribution in [0.25, 0.3) is 21.7 Å². The Bertz CT molecular complexity index is 1040. The maximum Gasteiger partial charge on any atom is 0.188 e. The molecule has 1 heterocycles. The highest BCUT2D eigenvalue weighted by Gasteiger charge is 2.17. The Hall–Kier alpha value is -1.56. The number of aryl methyl sites for hydroxylation is 1. The van der Waals surface area contributed by atoms with Crippen LogP contribution in [0.2, 0.25) is 15.1 Å². The molecule has 0 saturated carbocycles. The Labute approximate surface area is 199 Å². The minimum Gasteiger partial charge on any atom is -0.329 e. The summed E-state index contributed by atoms with van der Waals surface area (Å²) >= 11 is 20.2. The maximum absolute atomic E-state index is 6.31. The highest BCUT2D eigenvalue weighted by atomic mass is 79.9. The number of nitrogens with zero attached hydrogens (tertiary/aromatic N) is 1. The fourth-order valence-corrected chi connectivity index (χ4v) is 4.42. The van der Waals surface area contributed by atoms with E-state index in [4.69, 9.17) is 39.8 Å². The van der Waals surface area contributed by atoms with Crippen LogP contribution in [0.1, 0.15) is 5.56 Å². The summed E-state index contributed by atoms with van der Waals surface area (Å²) in [7, 11) is 0. The predicted molar refractivity (Wildman–Crippen MR) is 133 cm³/mol. The first-order chi connectivity index (χ1) is 13.5. The standard InChI is InChI=1S/C22H15Cl3N2S.BrH/c1-13-5-7-15(8-6-13)21-19(14-9-11-16(23)12-10-14)26-22(28-21)27-20-17(24)3-2-4-18(20)25;/h2-12H,1H3,(H,26,27);1H. The number of anilines is 2. The van der Waals surface area contributed by atoms with E-state index in [-0.39, 0.29) is 17.0 Å². The molecule has 0 saturated heterocycles. The lowest BCUT2D eigenvalue weighted by Crippen LogP contribution is -1.91. The number of hydrogen-bond donors (Lipinski definition) is 1. The molecule has 0 radical (unpaired) electrons. The van der Waals surface area contributed by atoms with E-state index in [0.29, 0.717) is 20.8 Å². The summed E-state index contributed by atoms with van der Waals surface area (Å²) < 4.78 is 0. The van der Waals surface area contributed by atoms with Crippen LogP contribution in [0.5, 0.6) is 0 Å². The molecule has 0 atom stereocenters. The molecular formula is C22H16BrCl3N2S. The summed E-state index contributed by atoms with van der Waals surface area (Å²) in [6.45, 7) is 2.07. The first-order valence-electron chi connectivity index (χ1n) is 8.56. The van der Waals surface area contributed by atoms with Crippen LogP contribution in [-0.4, -0.2) is 4.98 Å². The van der Waals surface area contributed by atoms with Crippen LogP contribution in [0.4, 0.5) is 10.8 Å². The Morgan fingerprint density at radius 3 is 2.00 bits per heavy atom. The van der Waals surface area contributed by atoms with Crippen molar-refractivity contribution in [3.63, 3.8) is 0 Å². The molecule has 7 heteroatoms. The summed E-state index contributed by atoms with van der Waals surface area (Å²) in [4.78, 5) is 5.90. The summed E-state index contributed by atoms with van der Waals surface area (Å²) in [5.74, 6) is 0. The topological polar surface area (TPSA) is 24.9 Å². The number of aromatic nitrogens is 1. The van der Waals surface area contributed by atoms with Gasteiger partial charge in [0.25, 0.3) is 0 Å². The molecule has 0 unspecified atom stereocenters. The second kappa shape index (κ2) is 9.50. The molecule has 2 nitrogen and oxygen atoms in total. The van der Waals surface area contributed by atoms with Gasteiger partial charge in [0.1, 0.15) is 0 Å². The van der Waals surface area contributed by atoms with Crippen molar-refractivity contribution in [3.05, 3.63) is 87.4 Å². The number of para-hydroxylation sites is 1. The third-order valence-corrected chi connectivity index (χ3v) is 6.16. The van der Waals surface area contributed by atoms with Gasteiger partial charge in [0.05, 0.1) is 26.3 Å². The third kappa shape index (κ3) is 4.96. The molecular weight excluding hydrogens is 511 g/mol. The number of benzene rings is 3. The first kappa shape index (κ1) is 22.1. The SMILES string of the molecule is Br.Cc1ccc(-c2sc(Nc3c(Cl)cccc3Cl)nc2-c2ccc(Cl)cc2)cc1. The smallest absolute Gasteiger partial charge is 0.188 e. The van der Waals surface area contributed by atoms with E-state index in [1.54, 1.807) is 23.5 Å². The first-order valence-corrected chi connectivity index (χ1v) is 10.5. The van der Waals surface area contributed by atoms with E-state index in [1.807, 2.05) is 30.3 Å². The van der Waals surface area contributed by atoms with Crippen molar-refractivity contribution in [1.29, 1.82) is 0 Å². The van der Waals surface area contributed by atoms with E-state index in [9.17, 15) is 0 Å². The van der Waals surface area contributed by atoms with Gasteiger partial charge in [0.2, 0.25) is 0 Å². The molecule has 1 aromatic heterocycles. The van der Waals surface area contributed by atoms with Gasteiger partial charge in [-0.2, -0.15) is 0 Å². The molecule has 0 spiro atoms. The molecule has 3 aromatic carbocycles. The van der Waals surface area contributed by atoms with Crippen LogP contribution in [0.3, 0.4) is 0 Å². The van der Waals surface area contributed by atoms with Crippen LogP contribution in [0, 0.1) is 6.92 Å². The van der Waals surface area contributed by atoms with Crippen LogP contribution >= 0.6 is 63.1 Å². The van der Waals surface area contributed by atoms with Crippen molar-refractivity contribution in [2.75, 3.05) is 5.32 Å². The molecule has 0 fully saturated rings. The number of rotatable bonds is 4. The fraction of sp³-hybridized carbons (Fsp3) is 0.0455. The van der Waals surface area contributed by atoms with Crippen LogP contribution in [0.15, 0.2) is 66.7 Å². The van der Waals surface area contributed by atoms with Crippen molar-refractivity contribution in [1.82, 2.24) is 4.98 Å². The molecule has 4 aromatic rings. The molecule has 0 aliphatic carbocycles. The number of nitrogens with one attached hydrogen (secondary N) is 1. The summed E-state index contributed by atoms with van der Waals surface area (Å²) in [5, 5.41) is 5.79. The zero-order valence-corrected chi connectivity index (χ0v) is 20.0. The van der Waals surface area contributed by atoms with Crippen molar-refractivity contribution in [2.45, 2.75) is 6.92 Å². The summed E-state index contributed by atoms with van der Waals surface area (Å²) in [6, 6.07) is 21.5. The second-order valence-electron chi connectivity index (χ2n) is 6.29. The van der Waals surface area contributed by atoms with Gasteiger partial charge in [-0.15, -0.1) is 17.0 Å². The van der Waals surface area contributed by atoms with E-state index in [1.165, 1.54) is 5.56 Å². The van der Waals surface area contributed by atoms with E-state index in [2.05, 4.69) is 36.5 Å². The van der Waals surface area contributed by atoms with Gasteiger partial charge in [-0.25, -0.2) is 4.98 Å². The molecule has 4 rings (SSSR count). The van der Waals surface area contributed by atoms with Crippen LogP contribution in [-0.2, 0) is 0 Å². The van der Waals surface area contributed by atoms with Gasteiger partial charge in [-0.1, -0.05) is 94.2 Å². The number of thiazole rings is 1. The minimum absolute atomic E-state index is 0. The van der Waals surface area contributed by atoms with Gasteiger partial charge >= 0.3 is 0 Å². The lowest BCUT2D eigenvalue weighted by Gasteiger charge is -2.06. The lowest BCUT2D eigenvalue weighted by atomic mass is 10.1. The number of halogens is 4. The molecule has 29 heavy (non-hydrogen) atoms. The average Bonchev–Trinajstić information content (AvgIpc) is 3.10. The summed E-state index contributed by atoms with van der Waals surface area (Å²) in [5.41, 5.74) is 4.84. The van der Waals surface area contributed by atoms with Crippen molar-refractivity contribution in [3.8, 4) is 21.7 Å². The predicted octanol–water partition coefficient (Wildman–Crippen LogP) is 9.07. The third-order valence-electron chi connectivity index (χ3n) is 4.25. The molecule has 0 aliphatic rings. The zero-order chi connectivity index (χ0) is 19.7. The van der Waals surface area contributed by atoms with Crippen molar-refractivity contribution < 1.29 is 0 Å². The van der Waals surface area contributed by atoms with Crippen molar-refractivity contribution >= 4 is 73.9 Å². The Morgan fingerprint density at radius 2 is 1.38 bits per heavy atom. The highest BCUT2D eigenvalue weighted by molar-refractivity contribution is 8.93. The Kier molecular flexibility index (Phi) is 7.25. The average molecular weight is 527 g/mol. The Morgan fingerprint density at radius 1 is 0.793 bits per heavy atom. The minimum atomic E-state index is 0. The highest BCUT2D eigenvalue weighted by Crippen LogP contribution is 2.42. The molecule has 0 aliphatic heterocycles. The normalized spacial score (nSPS) is 10.5. The molecule has 1 N–H and O–H groups in total. The van der Waals surface area contributed by atoms with Crippen LogP contribution < -0.4 is 5.32 Å². The summed E-state index contributed by atoms with van der Waals surface area (Å²) in [6.07, 6.45) is 0. The lowest BCUT2D eigenvalue weighted by molar-refractivity contribution is 1.38. The Balaban J connectivity index is 0.00000240. The van der Waals surface area contributed by atoms with E-state index >= 15 is 0 Å². The quantitative estimate of drug-likeness (QED) is 0.287. The number of hydrogen-bond acceptors (Lipinski definition) is 3. The second-order valence-corrected chi connectivity index (χ2v) is 8.54. The van der Waals surface area contributed by atoms with E-state index in [0.717, 1.165) is 26.8 Å². The van der Waals surface area contributed by atoms with Gasteiger partial charge in [-0.3, -0.25) is 0 Å². The van der Waals surface area contributed by atoms with Gasteiger partial charge in [-0.05, 0) is 36.8 Å². The van der Waals surface area contributed by atoms with Gasteiger partial charge < -0.3 is 5.32 Å². The van der Waals surface area contributed by atoms with Gasteiger partial charge in [0, 0.05) is 10.6 Å². The molecule has 0 bridgehead atoms. The fourth-order valence-electron chi connectivity index (χ4n) is 2.80. The van der Waals surface area contributed by atoms with Gasteiger partial charge in [0.15, 0.2) is 5.13 Å². The zero-order valence-electron chi connectivity index (χ0n) is 15.2. The maximum atomic E-state index is 6.31. The largest absolute Gasteiger partial charge is 0.329 e. The monoisotopic (exact) mass is 524 g/mol. The van der Waals surface area contributed by atoms with Crippen molar-refractivity contribution in [2.24, 2.45) is 0 Å². The molecule has 0 amide bonds.